The van der Waals surface area contributed by atoms with Crippen LogP contribution in [-0.2, 0) is 12.8 Å². The first-order valence-corrected chi connectivity index (χ1v) is 6.02. The van der Waals surface area contributed by atoms with Crippen molar-refractivity contribution in [1.29, 1.82) is 0 Å². The smallest absolute Gasteiger partial charge is 0.249 e. The number of azide groups is 1. The summed E-state index contributed by atoms with van der Waals surface area (Å²) in [5, 5.41) is 3.10. The molecule has 0 radical (unpaired) electrons. The molecule has 0 heterocycles. The fraction of sp³-hybridized carbons (Fsp3) is 0.133. The lowest BCUT2D eigenvalue weighted by Gasteiger charge is -2.03. The predicted octanol–water partition coefficient (Wildman–Crippen LogP) is 3.92. The summed E-state index contributed by atoms with van der Waals surface area (Å²) in [6.07, 6.45) is 1.77. The van der Waals surface area contributed by atoms with Crippen LogP contribution in [0.1, 0.15) is 21.5 Å². The lowest BCUT2D eigenvalue weighted by atomic mass is 10.0. The van der Waals surface area contributed by atoms with Crippen molar-refractivity contribution < 1.29 is 4.79 Å². The van der Waals surface area contributed by atoms with Gasteiger partial charge in [0, 0.05) is 10.5 Å². The molecule has 2 rings (SSSR count). The van der Waals surface area contributed by atoms with Gasteiger partial charge in [0.2, 0.25) is 5.91 Å². The zero-order valence-corrected chi connectivity index (χ0v) is 10.4. The van der Waals surface area contributed by atoms with Gasteiger partial charge in [0.25, 0.3) is 0 Å². The van der Waals surface area contributed by atoms with E-state index in [4.69, 9.17) is 5.53 Å². The van der Waals surface area contributed by atoms with Gasteiger partial charge in [-0.3, -0.25) is 4.79 Å². The lowest BCUT2D eigenvalue weighted by molar-refractivity contribution is 0.100. The molecule has 0 aliphatic heterocycles. The highest BCUT2D eigenvalue weighted by atomic mass is 16.1. The Hall–Kier alpha value is -2.58. The highest BCUT2D eigenvalue weighted by molar-refractivity contribution is 5.94. The molecule has 0 aliphatic carbocycles. The van der Waals surface area contributed by atoms with Gasteiger partial charge in [0.1, 0.15) is 0 Å². The third-order valence-corrected chi connectivity index (χ3v) is 2.85. The Bertz CT molecular complexity index is 616. The van der Waals surface area contributed by atoms with Crippen LogP contribution in [0.15, 0.2) is 59.7 Å². The zero-order valence-electron chi connectivity index (χ0n) is 10.4. The molecule has 0 atom stereocenters. The van der Waals surface area contributed by atoms with Gasteiger partial charge < -0.3 is 0 Å². The standard InChI is InChI=1S/C15H13N3O/c16-18-17-15(19)14-8-4-7-13(11-14)10-9-12-5-2-1-3-6-12/h1-8,11H,9-10H2. The zero-order chi connectivity index (χ0) is 13.5. The van der Waals surface area contributed by atoms with Crippen molar-refractivity contribution in [2.75, 3.05) is 0 Å². The second kappa shape index (κ2) is 6.38. The Kier molecular flexibility index (Phi) is 4.32. The van der Waals surface area contributed by atoms with Crippen molar-refractivity contribution in [1.82, 2.24) is 0 Å². The summed E-state index contributed by atoms with van der Waals surface area (Å²) < 4.78 is 0. The molecule has 4 heteroatoms. The minimum atomic E-state index is -0.538. The molecule has 0 aliphatic rings. The third kappa shape index (κ3) is 3.69. The maximum Gasteiger partial charge on any atom is 0.249 e. The Balaban J connectivity index is 2.07. The first kappa shape index (κ1) is 12.9. The van der Waals surface area contributed by atoms with Crippen LogP contribution in [0.25, 0.3) is 10.4 Å². The number of amides is 1. The van der Waals surface area contributed by atoms with Crippen molar-refractivity contribution in [3.63, 3.8) is 0 Å². The van der Waals surface area contributed by atoms with Gasteiger partial charge >= 0.3 is 0 Å². The molecule has 1 amide bonds. The van der Waals surface area contributed by atoms with E-state index in [0.717, 1.165) is 18.4 Å². The number of aryl methyl sites for hydroxylation is 2. The first-order chi connectivity index (χ1) is 9.29. The lowest BCUT2D eigenvalue weighted by Crippen LogP contribution is -1.96. The summed E-state index contributed by atoms with van der Waals surface area (Å²) in [6, 6.07) is 17.4. The van der Waals surface area contributed by atoms with Crippen LogP contribution in [0, 0.1) is 0 Å². The molecule has 4 nitrogen and oxygen atoms in total. The van der Waals surface area contributed by atoms with E-state index in [9.17, 15) is 4.79 Å². The van der Waals surface area contributed by atoms with Crippen LogP contribution in [0.4, 0.5) is 0 Å². The summed E-state index contributed by atoms with van der Waals surface area (Å²) >= 11 is 0. The maximum absolute atomic E-state index is 11.5. The van der Waals surface area contributed by atoms with Gasteiger partial charge in [-0.05, 0) is 40.7 Å². The Morgan fingerprint density at radius 3 is 2.42 bits per heavy atom. The largest absolute Gasteiger partial charge is 0.287 e. The molecule has 0 bridgehead atoms. The van der Waals surface area contributed by atoms with E-state index in [1.54, 1.807) is 18.2 Å². The molecule has 0 N–H and O–H groups in total. The minimum Gasteiger partial charge on any atom is -0.287 e. The van der Waals surface area contributed by atoms with Crippen LogP contribution < -0.4 is 0 Å². The van der Waals surface area contributed by atoms with E-state index in [2.05, 4.69) is 22.2 Å². The van der Waals surface area contributed by atoms with E-state index in [-0.39, 0.29) is 0 Å². The van der Waals surface area contributed by atoms with Gasteiger partial charge in [0.15, 0.2) is 0 Å². The number of carbonyl (C=O) groups excluding carboxylic acids is 1. The van der Waals surface area contributed by atoms with Crippen LogP contribution in [0.3, 0.4) is 0 Å². The summed E-state index contributed by atoms with van der Waals surface area (Å²) in [5.74, 6) is -0.538. The van der Waals surface area contributed by atoms with Gasteiger partial charge in [-0.15, -0.1) is 0 Å². The van der Waals surface area contributed by atoms with Gasteiger partial charge in [0.05, 0.1) is 0 Å². The van der Waals surface area contributed by atoms with Crippen LogP contribution in [-0.4, -0.2) is 5.91 Å². The second-order valence-electron chi connectivity index (χ2n) is 4.18. The van der Waals surface area contributed by atoms with E-state index in [1.807, 2.05) is 24.3 Å². The van der Waals surface area contributed by atoms with E-state index in [1.165, 1.54) is 5.56 Å². The van der Waals surface area contributed by atoms with Gasteiger partial charge in [-0.2, -0.15) is 0 Å². The topological polar surface area (TPSA) is 65.8 Å². The van der Waals surface area contributed by atoms with Crippen molar-refractivity contribution in [3.05, 3.63) is 81.7 Å². The summed E-state index contributed by atoms with van der Waals surface area (Å²) in [7, 11) is 0. The number of hydrogen-bond donors (Lipinski definition) is 0. The SMILES string of the molecule is [N-]=[N+]=NC(=O)c1cccc(CCc2ccccc2)c1. The Morgan fingerprint density at radius 2 is 1.68 bits per heavy atom. The molecule has 2 aromatic carbocycles. The second-order valence-corrected chi connectivity index (χ2v) is 4.18. The first-order valence-electron chi connectivity index (χ1n) is 6.02. The van der Waals surface area contributed by atoms with Crippen molar-refractivity contribution in [2.24, 2.45) is 5.11 Å². The third-order valence-electron chi connectivity index (χ3n) is 2.85. The fourth-order valence-corrected chi connectivity index (χ4v) is 1.89. The molecule has 19 heavy (non-hydrogen) atoms. The van der Waals surface area contributed by atoms with Crippen molar-refractivity contribution in [2.45, 2.75) is 12.8 Å². The van der Waals surface area contributed by atoms with Crippen molar-refractivity contribution in [3.8, 4) is 0 Å². The number of nitrogens with zero attached hydrogens (tertiary/aromatic N) is 3. The highest BCUT2D eigenvalue weighted by Gasteiger charge is 2.03. The van der Waals surface area contributed by atoms with E-state index >= 15 is 0 Å². The highest BCUT2D eigenvalue weighted by Crippen LogP contribution is 2.10. The van der Waals surface area contributed by atoms with E-state index in [0.29, 0.717) is 5.56 Å². The summed E-state index contributed by atoms with van der Waals surface area (Å²) in [6.45, 7) is 0. The maximum atomic E-state index is 11.5. The molecule has 0 saturated heterocycles. The molecule has 0 aromatic heterocycles. The molecule has 94 valence electrons. The number of rotatable bonds is 4. The van der Waals surface area contributed by atoms with Crippen LogP contribution in [0.2, 0.25) is 0 Å². The van der Waals surface area contributed by atoms with Crippen LogP contribution in [0.5, 0.6) is 0 Å². The average molecular weight is 251 g/mol. The molecular weight excluding hydrogens is 238 g/mol. The molecule has 0 fully saturated rings. The quantitative estimate of drug-likeness (QED) is 0.461. The normalized spacial score (nSPS) is 9.68. The number of hydrogen-bond acceptors (Lipinski definition) is 1. The summed E-state index contributed by atoms with van der Waals surface area (Å²) in [4.78, 5) is 14.0. The van der Waals surface area contributed by atoms with Crippen LogP contribution >= 0.6 is 0 Å². The molecule has 0 spiro atoms. The molecular formula is C15H13N3O. The van der Waals surface area contributed by atoms with Gasteiger partial charge in [-0.25, -0.2) is 0 Å². The molecule has 0 unspecified atom stereocenters. The molecule has 2 aromatic rings. The van der Waals surface area contributed by atoms with Gasteiger partial charge in [-0.1, -0.05) is 48.5 Å². The minimum absolute atomic E-state index is 0.434. The number of carbonyl (C=O) groups is 1. The van der Waals surface area contributed by atoms with E-state index < -0.39 is 5.91 Å². The number of benzene rings is 2. The molecule has 0 saturated carbocycles. The Morgan fingerprint density at radius 1 is 1.00 bits per heavy atom. The monoisotopic (exact) mass is 251 g/mol. The Labute approximate surface area is 111 Å². The average Bonchev–Trinajstić information content (AvgIpc) is 2.47. The predicted molar refractivity (Wildman–Crippen MR) is 73.8 cm³/mol. The summed E-state index contributed by atoms with van der Waals surface area (Å²) in [5.41, 5.74) is 11.0. The fourth-order valence-electron chi connectivity index (χ4n) is 1.89. The van der Waals surface area contributed by atoms with Crippen molar-refractivity contribution >= 4 is 5.91 Å².